The van der Waals surface area contributed by atoms with Crippen molar-refractivity contribution in [2.24, 2.45) is 17.6 Å². The molecule has 6 unspecified atom stereocenters. The first-order chi connectivity index (χ1) is 33.8. The van der Waals surface area contributed by atoms with Crippen LogP contribution in [0.25, 0.3) is 22.3 Å². The number of nitrogens with one attached hydrogen (secondary N) is 2. The highest BCUT2D eigenvalue weighted by molar-refractivity contribution is 6.13. The number of ether oxygens (including phenoxy) is 3. The van der Waals surface area contributed by atoms with Crippen molar-refractivity contribution in [3.63, 3.8) is 0 Å². The molecule has 5 heterocycles. The monoisotopic (exact) mass is 986 g/mol. The number of aryl methyl sites for hydroxylation is 2. The van der Waals surface area contributed by atoms with E-state index in [0.29, 0.717) is 40.1 Å². The van der Waals surface area contributed by atoms with Crippen LogP contribution in [-0.4, -0.2) is 113 Å². The number of aliphatic hydroxyl groups is 4. The van der Waals surface area contributed by atoms with Gasteiger partial charge in [-0.15, -0.1) is 0 Å². The summed E-state index contributed by atoms with van der Waals surface area (Å²) in [5.41, 5.74) is 11.1. The van der Waals surface area contributed by atoms with Gasteiger partial charge in [0.15, 0.2) is 6.10 Å². The number of aromatic nitrogens is 2. The van der Waals surface area contributed by atoms with Gasteiger partial charge in [0.25, 0.3) is 17.4 Å². The zero-order valence-corrected chi connectivity index (χ0v) is 38.6. The van der Waals surface area contributed by atoms with Gasteiger partial charge in [-0.2, -0.15) is 0 Å². The number of fused-ring (bicyclic) bond motifs is 5. The Labute approximate surface area is 402 Å². The molecule has 5 aliphatic rings. The lowest BCUT2D eigenvalue weighted by Gasteiger charge is -2.42. The molecule has 9 N–H and O–H groups in total. The lowest BCUT2D eigenvalue weighted by molar-refractivity contribution is -0.191. The Morgan fingerprint density at radius 1 is 0.972 bits per heavy atom. The van der Waals surface area contributed by atoms with Gasteiger partial charge in [-0.05, 0) is 73.1 Å². The third-order valence-electron chi connectivity index (χ3n) is 12.8. The van der Waals surface area contributed by atoms with Crippen molar-refractivity contribution in [3.8, 4) is 17.1 Å². The fourth-order valence-electron chi connectivity index (χ4n) is 9.09. The second-order valence-electron chi connectivity index (χ2n) is 17.0. The molecule has 0 spiro atoms. The summed E-state index contributed by atoms with van der Waals surface area (Å²) in [7, 11) is 0. The van der Waals surface area contributed by atoms with E-state index < -0.39 is 84.6 Å². The Hall–Kier alpha value is -7.60. The van der Waals surface area contributed by atoms with Gasteiger partial charge in [0.1, 0.15) is 30.9 Å². The number of primary amides is 1. The van der Waals surface area contributed by atoms with E-state index in [-0.39, 0.29) is 61.0 Å². The summed E-state index contributed by atoms with van der Waals surface area (Å²) in [6.45, 7) is 5.05. The zero-order chi connectivity index (χ0) is 51.6. The second kappa shape index (κ2) is 21.2. The summed E-state index contributed by atoms with van der Waals surface area (Å²) in [5, 5.41) is 55.7. The molecule has 2 aromatic heterocycles. The first kappa shape index (κ1) is 51.3. The number of amides is 5. The van der Waals surface area contributed by atoms with Gasteiger partial charge in [0.2, 0.25) is 18.1 Å². The number of carbonyl (C=O) groups is 7. The minimum atomic E-state index is -1.93. The standard InChI is InChI=1S/C24H28N4O12.C22H17FN2O4.C2H6/c25-24(38)39-10-11-1-2-15(40-23(37)21(34)12-8-13(20(12)33)22(35)36)14(7-11)27-17(30)9-26-16(29)5-6-28-18(31)3-4-19(28)32;1-9-10-3-2-4-11-13-7-25-17(19(13)24-16(18(10)11)6-15(9)23)5-12-14(21(25)27)8-29-22(28)20(12)26;1-2/h1-4,7,12-13,20-21,23,33-34,37H,5-6,8-10H2,(H2,25,38)(H,26,29)(H,27,30)(H,35,36);5-6,20,26H,2-4,7-8H2,1H3;1-2H3. The van der Waals surface area contributed by atoms with Gasteiger partial charge in [-0.3, -0.25) is 33.7 Å². The van der Waals surface area contributed by atoms with Crippen LogP contribution in [-0.2, 0) is 70.8 Å². The number of hydrogen-bond acceptors (Lipinski definition) is 16. The number of aliphatic carboxylic acids is 1. The molecule has 2 aliphatic carbocycles. The van der Waals surface area contributed by atoms with E-state index in [1.807, 2.05) is 13.8 Å². The minimum Gasteiger partial charge on any atom is -0.481 e. The first-order valence-electron chi connectivity index (χ1n) is 22.7. The minimum absolute atomic E-state index is 0.0621. The number of carboxylic acid groups (broad SMARTS) is 1. The number of nitrogens with zero attached hydrogens (tertiary/aromatic N) is 3. The van der Waals surface area contributed by atoms with Crippen LogP contribution in [0.2, 0.25) is 0 Å². The van der Waals surface area contributed by atoms with Crippen molar-refractivity contribution in [2.75, 3.05) is 18.4 Å². The van der Waals surface area contributed by atoms with Crippen LogP contribution < -0.4 is 26.7 Å². The maximum absolute atomic E-state index is 14.5. The van der Waals surface area contributed by atoms with Gasteiger partial charge in [0, 0.05) is 53.6 Å². The van der Waals surface area contributed by atoms with Crippen LogP contribution in [0.4, 0.5) is 14.9 Å². The first-order valence-corrected chi connectivity index (χ1v) is 22.7. The SMILES string of the molecule is CC.Cc1c(F)cc2nc3c(c4c2c1CCC4)Cn1c-3cc2c(c1=O)COC(=O)C2O.NC(=O)OCc1ccc(OC(O)C(O)C2CC(C(=O)O)C2O)c(NC(=O)CNC(=O)CCN2C(=O)C=CC2=O)c1. The summed E-state index contributed by atoms with van der Waals surface area (Å²) in [6.07, 6.45) is -3.13. The molecule has 4 aromatic rings. The molecule has 1 saturated carbocycles. The largest absolute Gasteiger partial charge is 0.481 e. The lowest BCUT2D eigenvalue weighted by atomic mass is 9.69. The number of cyclic esters (lactones) is 1. The predicted molar refractivity (Wildman–Crippen MR) is 244 cm³/mol. The van der Waals surface area contributed by atoms with E-state index in [0.717, 1.165) is 58.4 Å². The molecule has 9 rings (SSSR count). The normalized spacial score (nSPS) is 19.8. The smallest absolute Gasteiger partial charge is 0.404 e. The number of nitrogens with two attached hydrogens (primary N) is 1. The summed E-state index contributed by atoms with van der Waals surface area (Å²) in [6, 6.07) is 7.12. The van der Waals surface area contributed by atoms with Crippen LogP contribution in [0.3, 0.4) is 0 Å². The molecule has 2 aromatic carbocycles. The number of halogens is 1. The van der Waals surface area contributed by atoms with Crippen LogP contribution in [0.1, 0.15) is 78.2 Å². The van der Waals surface area contributed by atoms with E-state index in [9.17, 15) is 63.2 Å². The third kappa shape index (κ3) is 10.3. The topological polar surface area (TPSA) is 337 Å². The molecule has 23 heteroatoms. The van der Waals surface area contributed by atoms with Crippen LogP contribution in [0.15, 0.2) is 47.3 Å². The number of esters is 1. The Kier molecular flexibility index (Phi) is 15.3. The summed E-state index contributed by atoms with van der Waals surface area (Å²) in [5.74, 6) is -6.98. The fraction of sp³-hybridized carbons (Fsp3) is 0.396. The van der Waals surface area contributed by atoms with E-state index in [2.05, 4.69) is 10.6 Å². The molecular formula is C48H51FN6O16. The van der Waals surface area contributed by atoms with Crippen molar-refractivity contribution in [2.45, 2.75) is 97.2 Å². The highest BCUT2D eigenvalue weighted by Crippen LogP contribution is 2.42. The average Bonchev–Trinajstić information content (AvgIpc) is 3.88. The average molecular weight is 987 g/mol. The predicted octanol–water partition coefficient (Wildman–Crippen LogP) is 1.27. The molecule has 6 atom stereocenters. The molecule has 71 heavy (non-hydrogen) atoms. The van der Waals surface area contributed by atoms with Crippen LogP contribution >= 0.6 is 0 Å². The Morgan fingerprint density at radius 2 is 1.68 bits per heavy atom. The number of anilines is 1. The van der Waals surface area contributed by atoms with Crippen molar-refractivity contribution < 1.29 is 77.7 Å². The molecule has 0 bridgehead atoms. The van der Waals surface area contributed by atoms with Crippen LogP contribution in [0.5, 0.6) is 5.75 Å². The Balaban J connectivity index is 0.000000210. The molecule has 0 saturated heterocycles. The molecule has 1 fully saturated rings. The second-order valence-corrected chi connectivity index (χ2v) is 17.0. The van der Waals surface area contributed by atoms with E-state index in [1.165, 1.54) is 24.3 Å². The van der Waals surface area contributed by atoms with Crippen molar-refractivity contribution in [1.82, 2.24) is 19.8 Å². The summed E-state index contributed by atoms with van der Waals surface area (Å²) in [4.78, 5) is 100. The fourth-order valence-corrected chi connectivity index (χ4v) is 9.09. The molecule has 5 amide bonds. The van der Waals surface area contributed by atoms with Crippen LogP contribution in [0, 0.1) is 24.6 Å². The molecule has 376 valence electrons. The van der Waals surface area contributed by atoms with Gasteiger partial charge < -0.3 is 60.7 Å². The number of benzene rings is 2. The highest BCUT2D eigenvalue weighted by atomic mass is 19.1. The van der Waals surface area contributed by atoms with Crippen molar-refractivity contribution >= 4 is 58.3 Å². The number of carbonyl (C=O) groups excluding carboxylic acids is 6. The summed E-state index contributed by atoms with van der Waals surface area (Å²) < 4.78 is 31.1. The number of rotatable bonds is 13. The third-order valence-corrected chi connectivity index (χ3v) is 12.8. The quantitative estimate of drug-likeness (QED) is 0.0468. The zero-order valence-electron chi connectivity index (χ0n) is 38.6. The Bertz CT molecular complexity index is 2940. The number of imide groups is 1. The van der Waals surface area contributed by atoms with Crippen molar-refractivity contribution in [1.29, 1.82) is 0 Å². The van der Waals surface area contributed by atoms with E-state index in [4.69, 9.17) is 30.0 Å². The molecule has 3 aliphatic heterocycles. The number of hydrogen-bond donors (Lipinski definition) is 8. The highest BCUT2D eigenvalue weighted by Gasteiger charge is 2.50. The number of pyridine rings is 2. The Morgan fingerprint density at radius 3 is 2.35 bits per heavy atom. The van der Waals surface area contributed by atoms with Gasteiger partial charge in [-0.1, -0.05) is 19.9 Å². The van der Waals surface area contributed by atoms with E-state index >= 15 is 0 Å². The molecular weight excluding hydrogens is 936 g/mol. The lowest BCUT2D eigenvalue weighted by Crippen LogP contribution is -2.55. The van der Waals surface area contributed by atoms with Gasteiger partial charge >= 0.3 is 18.0 Å². The maximum atomic E-state index is 14.5. The number of aliphatic hydroxyl groups excluding tert-OH is 4. The van der Waals surface area contributed by atoms with Gasteiger partial charge in [-0.25, -0.2) is 19.0 Å². The molecule has 22 nitrogen and oxygen atoms in total. The van der Waals surface area contributed by atoms with Gasteiger partial charge in [0.05, 0.1) is 53.3 Å². The van der Waals surface area contributed by atoms with E-state index in [1.54, 1.807) is 17.6 Å². The molecule has 0 radical (unpaired) electrons. The van der Waals surface area contributed by atoms with Crippen molar-refractivity contribution in [3.05, 3.63) is 97.6 Å². The number of carboxylic acids is 1. The maximum Gasteiger partial charge on any atom is 0.404 e. The summed E-state index contributed by atoms with van der Waals surface area (Å²) >= 11 is 0.